The molecule has 0 aromatic rings. The summed E-state index contributed by atoms with van der Waals surface area (Å²) in [4.78, 5) is 0. The van der Waals surface area contributed by atoms with E-state index in [-0.39, 0.29) is 6.42 Å². The van der Waals surface area contributed by atoms with E-state index in [1.165, 1.54) is 0 Å². The van der Waals surface area contributed by atoms with Crippen molar-refractivity contribution in [3.63, 3.8) is 0 Å². The Kier molecular flexibility index (Phi) is 5.45. The Labute approximate surface area is 59.4 Å². The van der Waals surface area contributed by atoms with E-state index < -0.39 is 12.6 Å². The second kappa shape index (κ2) is 5.57. The highest BCUT2D eigenvalue weighted by Crippen LogP contribution is 2.19. The number of hydrogen-bond donors (Lipinski definition) is 0. The van der Waals surface area contributed by atoms with Gasteiger partial charge in [-0.25, -0.2) is 4.39 Å². The molecule has 0 saturated carbocycles. The van der Waals surface area contributed by atoms with E-state index in [0.717, 1.165) is 12.8 Å². The molecule has 0 amide bonds. The van der Waals surface area contributed by atoms with Gasteiger partial charge in [0.15, 0.2) is 6.17 Å². The van der Waals surface area contributed by atoms with Gasteiger partial charge in [-0.15, -0.1) is 0 Å². The van der Waals surface area contributed by atoms with E-state index in [2.05, 4.69) is 0 Å². The molecule has 0 spiro atoms. The van der Waals surface area contributed by atoms with Gasteiger partial charge in [-0.1, -0.05) is 26.2 Å². The fraction of sp³-hybridized carbons (Fsp3) is 0.857. The van der Waals surface area contributed by atoms with Crippen LogP contribution < -0.4 is 0 Å². The number of rotatable bonds is 5. The summed E-state index contributed by atoms with van der Waals surface area (Å²) in [5, 5.41) is 0. The first-order valence-corrected chi connectivity index (χ1v) is 3.50. The zero-order valence-electron chi connectivity index (χ0n) is 6.04. The van der Waals surface area contributed by atoms with Gasteiger partial charge in [0, 0.05) is 0 Å². The zero-order valence-corrected chi connectivity index (χ0v) is 6.04. The highest BCUT2D eigenvalue weighted by Gasteiger charge is 2.20. The van der Waals surface area contributed by atoms with Crippen LogP contribution in [0.15, 0.2) is 0 Å². The summed E-state index contributed by atoms with van der Waals surface area (Å²) in [5.41, 5.74) is 0. The van der Waals surface area contributed by atoms with Crippen LogP contribution in [0.25, 0.3) is 0 Å². The normalized spacial score (nSPS) is 14.1. The van der Waals surface area contributed by atoms with Crippen molar-refractivity contribution in [3.05, 3.63) is 6.43 Å². The van der Waals surface area contributed by atoms with E-state index in [9.17, 15) is 13.2 Å². The highest BCUT2D eigenvalue weighted by molar-refractivity contribution is 4.72. The maximum Gasteiger partial charge on any atom is 0.343 e. The Bertz CT molecular complexity index is 73.3. The quantitative estimate of drug-likeness (QED) is 0.531. The predicted molar refractivity (Wildman–Crippen MR) is 34.5 cm³/mol. The second-order valence-electron chi connectivity index (χ2n) is 2.25. The van der Waals surface area contributed by atoms with Gasteiger partial charge >= 0.3 is 6.43 Å². The number of hydrogen-bond acceptors (Lipinski definition) is 0. The predicted octanol–water partition coefficient (Wildman–Crippen LogP) is 3.33. The third-order valence-electron chi connectivity index (χ3n) is 1.30. The number of alkyl halides is 1. The summed E-state index contributed by atoms with van der Waals surface area (Å²) >= 11 is 0. The van der Waals surface area contributed by atoms with Crippen molar-refractivity contribution in [1.82, 2.24) is 0 Å². The molecule has 0 aromatic heterocycles. The van der Waals surface area contributed by atoms with Crippen molar-refractivity contribution in [2.75, 3.05) is 0 Å². The molecule has 0 N–H and O–H groups in total. The lowest BCUT2D eigenvalue weighted by Crippen LogP contribution is -2.03. The minimum absolute atomic E-state index is 0.0316. The lowest BCUT2D eigenvalue weighted by molar-refractivity contribution is 0.148. The molecule has 0 heterocycles. The Balaban J connectivity index is 3.13. The van der Waals surface area contributed by atoms with Crippen molar-refractivity contribution in [2.45, 2.75) is 38.8 Å². The standard InChI is InChI=1S/C7H12F3/c1-2-3-4-5-6(8)7(9)10/h6H,2-5H2,1H3. The molecule has 0 aliphatic heterocycles. The molecule has 0 nitrogen and oxygen atoms in total. The summed E-state index contributed by atoms with van der Waals surface area (Å²) in [5.74, 6) is 0. The molecule has 0 aromatic carbocycles. The molecule has 1 unspecified atom stereocenters. The van der Waals surface area contributed by atoms with E-state index in [0.29, 0.717) is 6.42 Å². The van der Waals surface area contributed by atoms with Crippen molar-refractivity contribution >= 4 is 0 Å². The lowest BCUT2D eigenvalue weighted by atomic mass is 10.1. The number of halogens is 3. The molecule has 1 atom stereocenters. The van der Waals surface area contributed by atoms with Crippen molar-refractivity contribution in [1.29, 1.82) is 0 Å². The van der Waals surface area contributed by atoms with Crippen LogP contribution >= 0.6 is 0 Å². The summed E-state index contributed by atoms with van der Waals surface area (Å²) in [7, 11) is 0. The molecule has 0 fully saturated rings. The van der Waals surface area contributed by atoms with Crippen LogP contribution in [0.2, 0.25) is 0 Å². The van der Waals surface area contributed by atoms with Gasteiger partial charge in [-0.05, 0) is 6.42 Å². The maximum atomic E-state index is 12.1. The minimum Gasteiger partial charge on any atom is -0.241 e. The van der Waals surface area contributed by atoms with Gasteiger partial charge < -0.3 is 0 Å². The van der Waals surface area contributed by atoms with Gasteiger partial charge in [-0.2, -0.15) is 8.78 Å². The molecular weight excluding hydrogens is 141 g/mol. The van der Waals surface area contributed by atoms with E-state index in [1.54, 1.807) is 0 Å². The van der Waals surface area contributed by atoms with Gasteiger partial charge in [0.1, 0.15) is 0 Å². The topological polar surface area (TPSA) is 0 Å². The zero-order chi connectivity index (χ0) is 7.98. The average Bonchev–Trinajstić information content (AvgIpc) is 1.88. The van der Waals surface area contributed by atoms with E-state index in [1.807, 2.05) is 6.92 Å². The van der Waals surface area contributed by atoms with E-state index >= 15 is 0 Å². The van der Waals surface area contributed by atoms with E-state index in [4.69, 9.17) is 0 Å². The molecule has 0 rings (SSSR count). The largest absolute Gasteiger partial charge is 0.343 e. The molecule has 0 aliphatic rings. The van der Waals surface area contributed by atoms with Crippen LogP contribution in [-0.2, 0) is 0 Å². The Hall–Kier alpha value is -0.210. The maximum absolute atomic E-state index is 12.1. The Morgan fingerprint density at radius 1 is 1.30 bits per heavy atom. The lowest BCUT2D eigenvalue weighted by Gasteiger charge is -2.02. The smallest absolute Gasteiger partial charge is 0.241 e. The fourth-order valence-electron chi connectivity index (χ4n) is 0.683. The SMILES string of the molecule is CCCCCC(F)[C](F)F. The molecule has 61 valence electrons. The van der Waals surface area contributed by atoms with Gasteiger partial charge in [0.2, 0.25) is 0 Å². The first kappa shape index (κ1) is 9.79. The van der Waals surface area contributed by atoms with Gasteiger partial charge in [-0.3, -0.25) is 0 Å². The van der Waals surface area contributed by atoms with Crippen molar-refractivity contribution in [3.8, 4) is 0 Å². The first-order valence-electron chi connectivity index (χ1n) is 3.50. The second-order valence-corrected chi connectivity index (χ2v) is 2.25. The Morgan fingerprint density at radius 2 is 1.90 bits per heavy atom. The molecule has 3 heteroatoms. The average molecular weight is 153 g/mol. The summed E-state index contributed by atoms with van der Waals surface area (Å²) in [6, 6.07) is 0. The summed E-state index contributed by atoms with van der Waals surface area (Å²) in [6.07, 6.45) is -1.80. The van der Waals surface area contributed by atoms with Crippen LogP contribution in [0.4, 0.5) is 13.2 Å². The molecule has 10 heavy (non-hydrogen) atoms. The first-order chi connectivity index (χ1) is 4.68. The highest BCUT2D eigenvalue weighted by atomic mass is 19.3. The molecule has 0 bridgehead atoms. The molecular formula is C7H12F3. The third kappa shape index (κ3) is 4.65. The summed E-state index contributed by atoms with van der Waals surface area (Å²) in [6.45, 7) is 1.95. The van der Waals surface area contributed by atoms with Crippen LogP contribution in [-0.4, -0.2) is 6.17 Å². The Morgan fingerprint density at radius 3 is 2.30 bits per heavy atom. The monoisotopic (exact) mass is 153 g/mol. The number of unbranched alkanes of at least 4 members (excludes halogenated alkanes) is 2. The van der Waals surface area contributed by atoms with Gasteiger partial charge in [0.05, 0.1) is 0 Å². The molecule has 0 aliphatic carbocycles. The molecule has 1 radical (unpaired) electrons. The minimum atomic E-state index is -2.09. The third-order valence-corrected chi connectivity index (χ3v) is 1.30. The fourth-order valence-corrected chi connectivity index (χ4v) is 0.683. The summed E-state index contributed by atoms with van der Waals surface area (Å²) < 4.78 is 34.9. The molecule has 0 saturated heterocycles. The van der Waals surface area contributed by atoms with Crippen LogP contribution in [0.5, 0.6) is 0 Å². The van der Waals surface area contributed by atoms with Crippen LogP contribution in [0.3, 0.4) is 0 Å². The van der Waals surface area contributed by atoms with Crippen LogP contribution in [0.1, 0.15) is 32.6 Å². The van der Waals surface area contributed by atoms with Crippen LogP contribution in [0, 0.1) is 6.43 Å². The van der Waals surface area contributed by atoms with Gasteiger partial charge in [0.25, 0.3) is 0 Å². The van der Waals surface area contributed by atoms with Crippen molar-refractivity contribution < 1.29 is 13.2 Å². The van der Waals surface area contributed by atoms with Crippen molar-refractivity contribution in [2.24, 2.45) is 0 Å².